The van der Waals surface area contributed by atoms with E-state index >= 15 is 0 Å². The smallest absolute Gasteiger partial charge is 0.137 e. The van der Waals surface area contributed by atoms with E-state index in [-0.39, 0.29) is 11.4 Å². The summed E-state index contributed by atoms with van der Waals surface area (Å²) in [7, 11) is 0. The highest BCUT2D eigenvalue weighted by atomic mass is 79.9. The van der Waals surface area contributed by atoms with E-state index in [1.807, 2.05) is 6.07 Å². The Kier molecular flexibility index (Phi) is 4.91. The maximum atomic E-state index is 13.7. The summed E-state index contributed by atoms with van der Waals surface area (Å²) >= 11 is 3.37. The van der Waals surface area contributed by atoms with Crippen molar-refractivity contribution in [2.75, 3.05) is 0 Å². The Balaban J connectivity index is 2.29. The topological polar surface area (TPSA) is 26.0 Å². The maximum Gasteiger partial charge on any atom is 0.137 e. The fraction of sp³-hybridized carbons (Fsp3) is 0.647. The van der Waals surface area contributed by atoms with Crippen molar-refractivity contribution in [2.24, 2.45) is 23.5 Å². The minimum absolute atomic E-state index is 0.198. The molecule has 112 valence electrons. The van der Waals surface area contributed by atoms with Crippen LogP contribution in [0, 0.1) is 23.6 Å². The lowest BCUT2D eigenvalue weighted by atomic mass is 9.63. The zero-order valence-electron chi connectivity index (χ0n) is 12.6. The van der Waals surface area contributed by atoms with Crippen LogP contribution in [0.3, 0.4) is 0 Å². The van der Waals surface area contributed by atoms with Crippen molar-refractivity contribution < 1.29 is 4.39 Å². The zero-order valence-corrected chi connectivity index (χ0v) is 14.2. The third-order valence-electron chi connectivity index (χ3n) is 4.79. The number of hydrogen-bond acceptors (Lipinski definition) is 1. The molecule has 0 bridgehead atoms. The molecule has 0 radical (unpaired) electrons. The Morgan fingerprint density at radius 1 is 1.40 bits per heavy atom. The van der Waals surface area contributed by atoms with Gasteiger partial charge in [-0.25, -0.2) is 4.39 Å². The number of halogens is 2. The van der Waals surface area contributed by atoms with Gasteiger partial charge in [0.05, 0.1) is 4.47 Å². The third kappa shape index (κ3) is 3.25. The van der Waals surface area contributed by atoms with Crippen molar-refractivity contribution in [1.82, 2.24) is 0 Å². The fourth-order valence-electron chi connectivity index (χ4n) is 3.89. The van der Waals surface area contributed by atoms with Crippen LogP contribution in [0.5, 0.6) is 0 Å². The number of nitrogens with two attached hydrogens (primary N) is 1. The monoisotopic (exact) mass is 341 g/mol. The molecule has 1 fully saturated rings. The number of benzene rings is 1. The van der Waals surface area contributed by atoms with Crippen LogP contribution in [0.4, 0.5) is 4.39 Å². The van der Waals surface area contributed by atoms with Gasteiger partial charge in [-0.15, -0.1) is 0 Å². The lowest BCUT2D eigenvalue weighted by molar-refractivity contribution is 0.109. The van der Waals surface area contributed by atoms with Gasteiger partial charge in [0.2, 0.25) is 0 Å². The van der Waals surface area contributed by atoms with Gasteiger partial charge in [-0.05, 0) is 64.6 Å². The number of hydrogen-bond donors (Lipinski definition) is 1. The Bertz CT molecular complexity index is 474. The SMILES string of the molecule is CC1CCC(C(C)C)C(N)(Cc2cccc(F)c2Br)C1. The molecule has 2 N–H and O–H groups in total. The zero-order chi connectivity index (χ0) is 14.9. The predicted molar refractivity (Wildman–Crippen MR) is 86.1 cm³/mol. The van der Waals surface area contributed by atoms with Crippen molar-refractivity contribution in [3.8, 4) is 0 Å². The Labute approximate surface area is 130 Å². The molecule has 1 aromatic carbocycles. The van der Waals surface area contributed by atoms with Crippen LogP contribution in [-0.4, -0.2) is 5.54 Å². The van der Waals surface area contributed by atoms with Gasteiger partial charge in [0.15, 0.2) is 0 Å². The standard InChI is InChI=1S/C17H25BrFN/c1-11(2)14-8-7-12(3)9-17(14,20)10-13-5-4-6-15(19)16(13)18/h4-6,11-12,14H,7-10,20H2,1-3H3. The highest BCUT2D eigenvalue weighted by molar-refractivity contribution is 9.10. The van der Waals surface area contributed by atoms with Gasteiger partial charge in [0, 0.05) is 5.54 Å². The van der Waals surface area contributed by atoms with Gasteiger partial charge in [0.25, 0.3) is 0 Å². The molecule has 3 atom stereocenters. The van der Waals surface area contributed by atoms with Gasteiger partial charge in [-0.3, -0.25) is 0 Å². The maximum absolute atomic E-state index is 13.7. The van der Waals surface area contributed by atoms with Gasteiger partial charge in [0.1, 0.15) is 5.82 Å². The molecule has 1 saturated carbocycles. The molecule has 1 nitrogen and oxygen atoms in total. The van der Waals surface area contributed by atoms with E-state index in [0.717, 1.165) is 18.4 Å². The van der Waals surface area contributed by atoms with E-state index in [1.165, 1.54) is 18.9 Å². The molecular formula is C17H25BrFN. The molecule has 0 spiro atoms. The molecule has 1 aromatic rings. The van der Waals surface area contributed by atoms with Crippen LogP contribution < -0.4 is 5.73 Å². The Hall–Kier alpha value is -0.410. The normalized spacial score (nSPS) is 30.8. The minimum Gasteiger partial charge on any atom is -0.325 e. The van der Waals surface area contributed by atoms with Crippen molar-refractivity contribution in [1.29, 1.82) is 0 Å². The second-order valence-corrected chi connectivity index (χ2v) is 7.65. The van der Waals surface area contributed by atoms with Crippen LogP contribution in [0.25, 0.3) is 0 Å². The van der Waals surface area contributed by atoms with E-state index in [2.05, 4.69) is 36.7 Å². The molecule has 0 heterocycles. The molecule has 1 aliphatic carbocycles. The first-order valence-corrected chi connectivity index (χ1v) is 8.34. The Morgan fingerprint density at radius 3 is 2.75 bits per heavy atom. The molecule has 0 amide bonds. The van der Waals surface area contributed by atoms with E-state index < -0.39 is 0 Å². The van der Waals surface area contributed by atoms with Crippen LogP contribution >= 0.6 is 15.9 Å². The van der Waals surface area contributed by atoms with Crippen LogP contribution in [-0.2, 0) is 6.42 Å². The first kappa shape index (κ1) is 16.0. The van der Waals surface area contributed by atoms with Crippen molar-refractivity contribution >= 4 is 15.9 Å². The predicted octanol–water partition coefficient (Wildman–Crippen LogP) is 4.92. The fourth-order valence-corrected chi connectivity index (χ4v) is 4.30. The quantitative estimate of drug-likeness (QED) is 0.829. The summed E-state index contributed by atoms with van der Waals surface area (Å²) in [4.78, 5) is 0. The van der Waals surface area contributed by atoms with E-state index in [9.17, 15) is 4.39 Å². The number of rotatable bonds is 3. The first-order chi connectivity index (χ1) is 9.33. The van der Waals surface area contributed by atoms with E-state index in [1.54, 1.807) is 6.07 Å². The lowest BCUT2D eigenvalue weighted by Crippen LogP contribution is -2.54. The molecule has 3 heteroatoms. The molecule has 2 rings (SSSR count). The van der Waals surface area contributed by atoms with Gasteiger partial charge in [-0.1, -0.05) is 39.3 Å². The van der Waals surface area contributed by atoms with Gasteiger partial charge >= 0.3 is 0 Å². The largest absolute Gasteiger partial charge is 0.325 e. The second-order valence-electron chi connectivity index (χ2n) is 6.86. The highest BCUT2D eigenvalue weighted by Crippen LogP contribution is 2.42. The average Bonchev–Trinajstić information content (AvgIpc) is 2.34. The van der Waals surface area contributed by atoms with Crippen LogP contribution in [0.2, 0.25) is 0 Å². The molecular weight excluding hydrogens is 317 g/mol. The average molecular weight is 342 g/mol. The lowest BCUT2D eigenvalue weighted by Gasteiger charge is -2.46. The van der Waals surface area contributed by atoms with E-state index in [0.29, 0.717) is 22.2 Å². The summed E-state index contributed by atoms with van der Waals surface area (Å²) in [5.74, 6) is 1.53. The van der Waals surface area contributed by atoms with Crippen LogP contribution in [0.15, 0.2) is 22.7 Å². The summed E-state index contributed by atoms with van der Waals surface area (Å²) in [6.45, 7) is 6.78. The van der Waals surface area contributed by atoms with Crippen molar-refractivity contribution in [2.45, 2.75) is 52.0 Å². The Morgan fingerprint density at radius 2 is 2.10 bits per heavy atom. The molecule has 20 heavy (non-hydrogen) atoms. The summed E-state index contributed by atoms with van der Waals surface area (Å²) in [6, 6.07) is 5.24. The van der Waals surface area contributed by atoms with Crippen LogP contribution in [0.1, 0.15) is 45.6 Å². The highest BCUT2D eigenvalue weighted by Gasteiger charge is 2.41. The third-order valence-corrected chi connectivity index (χ3v) is 5.68. The molecule has 1 aliphatic rings. The van der Waals surface area contributed by atoms with Crippen molar-refractivity contribution in [3.63, 3.8) is 0 Å². The minimum atomic E-state index is -0.220. The second kappa shape index (κ2) is 6.15. The summed E-state index contributed by atoms with van der Waals surface area (Å²) in [5.41, 5.74) is 7.58. The summed E-state index contributed by atoms with van der Waals surface area (Å²) in [6.07, 6.45) is 4.21. The van der Waals surface area contributed by atoms with E-state index in [4.69, 9.17) is 5.73 Å². The molecule has 0 aromatic heterocycles. The summed E-state index contributed by atoms with van der Waals surface area (Å²) in [5, 5.41) is 0. The molecule has 0 saturated heterocycles. The molecule has 0 aliphatic heterocycles. The first-order valence-electron chi connectivity index (χ1n) is 7.55. The molecule has 3 unspecified atom stereocenters. The van der Waals surface area contributed by atoms with Gasteiger partial charge in [-0.2, -0.15) is 0 Å². The van der Waals surface area contributed by atoms with Crippen molar-refractivity contribution in [3.05, 3.63) is 34.1 Å². The van der Waals surface area contributed by atoms with Gasteiger partial charge < -0.3 is 5.73 Å². The summed E-state index contributed by atoms with van der Waals surface area (Å²) < 4.78 is 14.3.